The summed E-state index contributed by atoms with van der Waals surface area (Å²) in [6.07, 6.45) is -0.541. The second kappa shape index (κ2) is 8.27. The lowest BCUT2D eigenvalue weighted by Crippen LogP contribution is -2.32. The molecule has 1 heterocycles. The van der Waals surface area contributed by atoms with Crippen LogP contribution >= 0.6 is 0 Å². The summed E-state index contributed by atoms with van der Waals surface area (Å²) in [6.45, 7) is 0.478. The highest BCUT2D eigenvalue weighted by Gasteiger charge is 2.30. The number of para-hydroxylation sites is 2. The van der Waals surface area contributed by atoms with E-state index in [1.165, 1.54) is 0 Å². The molecule has 4 rings (SSSR count). The van der Waals surface area contributed by atoms with Gasteiger partial charge in [0.2, 0.25) is 6.29 Å². The summed E-state index contributed by atoms with van der Waals surface area (Å²) in [4.78, 5) is 14.1. The molecule has 0 saturated carbocycles. The average Bonchev–Trinajstić information content (AvgIpc) is 3.16. The SMILES string of the molecule is COc1ccccc1-c1cccc2c1OC(OC(=O)N(C)Cc1ccccc1)C2. The van der Waals surface area contributed by atoms with Gasteiger partial charge in [-0.2, -0.15) is 0 Å². The zero-order valence-corrected chi connectivity index (χ0v) is 16.5. The van der Waals surface area contributed by atoms with Crippen LogP contribution in [0.25, 0.3) is 11.1 Å². The first kappa shape index (κ1) is 18.9. The van der Waals surface area contributed by atoms with E-state index in [9.17, 15) is 4.79 Å². The molecule has 0 fully saturated rings. The van der Waals surface area contributed by atoms with E-state index in [1.807, 2.05) is 72.8 Å². The Morgan fingerprint density at radius 2 is 1.72 bits per heavy atom. The van der Waals surface area contributed by atoms with Crippen molar-refractivity contribution >= 4 is 6.09 Å². The molecule has 0 aromatic heterocycles. The highest BCUT2D eigenvalue weighted by Crippen LogP contribution is 2.42. The Bertz CT molecular complexity index is 1000. The molecule has 1 aliphatic rings. The summed E-state index contributed by atoms with van der Waals surface area (Å²) in [7, 11) is 3.37. The number of fused-ring (bicyclic) bond motifs is 1. The number of amides is 1. The van der Waals surface area contributed by atoms with Gasteiger partial charge < -0.3 is 19.1 Å². The summed E-state index contributed by atoms with van der Waals surface area (Å²) in [5.41, 5.74) is 3.93. The maximum atomic E-state index is 12.5. The van der Waals surface area contributed by atoms with Crippen molar-refractivity contribution in [2.24, 2.45) is 0 Å². The first-order chi connectivity index (χ1) is 14.2. The molecule has 0 bridgehead atoms. The third kappa shape index (κ3) is 4.04. The van der Waals surface area contributed by atoms with Crippen LogP contribution < -0.4 is 9.47 Å². The number of nitrogens with zero attached hydrogens (tertiary/aromatic N) is 1. The van der Waals surface area contributed by atoms with Gasteiger partial charge in [-0.15, -0.1) is 0 Å². The van der Waals surface area contributed by atoms with Gasteiger partial charge in [-0.25, -0.2) is 4.79 Å². The van der Waals surface area contributed by atoms with Crippen LogP contribution in [0.2, 0.25) is 0 Å². The molecule has 0 spiro atoms. The van der Waals surface area contributed by atoms with Crippen LogP contribution in [0.1, 0.15) is 11.1 Å². The topological polar surface area (TPSA) is 48.0 Å². The van der Waals surface area contributed by atoms with Gasteiger partial charge in [-0.3, -0.25) is 0 Å². The fourth-order valence-corrected chi connectivity index (χ4v) is 3.51. The summed E-state index contributed by atoms with van der Waals surface area (Å²) in [5.74, 6) is 1.51. The van der Waals surface area contributed by atoms with Crippen molar-refractivity contribution in [1.29, 1.82) is 0 Å². The maximum absolute atomic E-state index is 12.5. The molecule has 1 unspecified atom stereocenters. The molecule has 3 aromatic rings. The number of carbonyl (C=O) groups excluding carboxylic acids is 1. The fourth-order valence-electron chi connectivity index (χ4n) is 3.51. The van der Waals surface area contributed by atoms with Gasteiger partial charge in [0.25, 0.3) is 0 Å². The second-order valence-corrected chi connectivity index (χ2v) is 6.97. The number of ether oxygens (including phenoxy) is 3. The van der Waals surface area contributed by atoms with Crippen LogP contribution in [0.4, 0.5) is 4.79 Å². The Morgan fingerprint density at radius 1 is 1.00 bits per heavy atom. The lowest BCUT2D eigenvalue weighted by atomic mass is 10.0. The summed E-state index contributed by atoms with van der Waals surface area (Å²) >= 11 is 0. The Hall–Kier alpha value is -3.47. The highest BCUT2D eigenvalue weighted by molar-refractivity contribution is 5.78. The zero-order valence-electron chi connectivity index (χ0n) is 16.5. The van der Waals surface area contributed by atoms with Crippen molar-refractivity contribution < 1.29 is 19.0 Å². The third-order valence-corrected chi connectivity index (χ3v) is 4.94. The van der Waals surface area contributed by atoms with E-state index < -0.39 is 12.4 Å². The number of carbonyl (C=O) groups is 1. The minimum absolute atomic E-state index is 0.412. The second-order valence-electron chi connectivity index (χ2n) is 6.97. The summed E-state index contributed by atoms with van der Waals surface area (Å²) < 4.78 is 17.1. The van der Waals surface area contributed by atoms with Gasteiger partial charge in [-0.05, 0) is 11.6 Å². The maximum Gasteiger partial charge on any atom is 0.412 e. The molecule has 0 aliphatic carbocycles. The van der Waals surface area contributed by atoms with Crippen molar-refractivity contribution in [2.45, 2.75) is 19.3 Å². The number of hydrogen-bond donors (Lipinski definition) is 0. The van der Waals surface area contributed by atoms with Crippen LogP contribution in [0.15, 0.2) is 72.8 Å². The van der Waals surface area contributed by atoms with E-state index in [1.54, 1.807) is 19.1 Å². The molecular formula is C24H23NO4. The highest BCUT2D eigenvalue weighted by atomic mass is 16.7. The number of methoxy groups -OCH3 is 1. The summed E-state index contributed by atoms with van der Waals surface area (Å²) in [6, 6.07) is 23.6. The van der Waals surface area contributed by atoms with Gasteiger partial charge in [0.1, 0.15) is 11.5 Å². The van der Waals surface area contributed by atoms with Crippen LogP contribution in [0.5, 0.6) is 11.5 Å². The molecule has 1 atom stereocenters. The molecule has 0 saturated heterocycles. The van der Waals surface area contributed by atoms with Crippen molar-refractivity contribution in [3.05, 3.63) is 83.9 Å². The lowest BCUT2D eigenvalue weighted by molar-refractivity contribution is -0.0301. The van der Waals surface area contributed by atoms with Gasteiger partial charge in [0.05, 0.1) is 13.5 Å². The Balaban J connectivity index is 1.47. The minimum atomic E-state index is -0.647. The van der Waals surface area contributed by atoms with Crippen molar-refractivity contribution in [2.75, 3.05) is 14.2 Å². The Labute approximate surface area is 170 Å². The minimum Gasteiger partial charge on any atom is -0.496 e. The number of rotatable bonds is 5. The van der Waals surface area contributed by atoms with E-state index in [4.69, 9.17) is 14.2 Å². The lowest BCUT2D eigenvalue weighted by Gasteiger charge is -2.20. The van der Waals surface area contributed by atoms with E-state index in [2.05, 4.69) is 0 Å². The predicted octanol–water partition coefficient (Wildman–Crippen LogP) is 4.89. The summed E-state index contributed by atoms with van der Waals surface area (Å²) in [5, 5.41) is 0. The van der Waals surface area contributed by atoms with Gasteiger partial charge in [0, 0.05) is 30.3 Å². The normalized spacial score (nSPS) is 14.6. The predicted molar refractivity (Wildman–Crippen MR) is 111 cm³/mol. The monoisotopic (exact) mass is 389 g/mol. The Morgan fingerprint density at radius 3 is 2.52 bits per heavy atom. The Kier molecular flexibility index (Phi) is 5.38. The number of hydrogen-bond acceptors (Lipinski definition) is 4. The number of benzene rings is 3. The van der Waals surface area contributed by atoms with E-state index >= 15 is 0 Å². The first-order valence-electron chi connectivity index (χ1n) is 9.53. The molecule has 1 amide bonds. The van der Waals surface area contributed by atoms with Crippen LogP contribution in [0, 0.1) is 0 Å². The smallest absolute Gasteiger partial charge is 0.412 e. The van der Waals surface area contributed by atoms with Crippen molar-refractivity contribution in [1.82, 2.24) is 4.90 Å². The molecule has 148 valence electrons. The molecular weight excluding hydrogens is 366 g/mol. The molecule has 5 nitrogen and oxygen atoms in total. The van der Waals surface area contributed by atoms with Crippen molar-refractivity contribution in [3.63, 3.8) is 0 Å². The molecule has 3 aromatic carbocycles. The largest absolute Gasteiger partial charge is 0.496 e. The standard InChI is InChI=1S/C24H23NO4/c1-25(16-17-9-4-3-5-10-17)24(26)29-22-15-18-11-8-13-20(23(18)28-22)19-12-6-7-14-21(19)27-2/h3-14,22H,15-16H2,1-2H3. The third-order valence-electron chi connectivity index (χ3n) is 4.94. The van der Waals surface area contributed by atoms with Gasteiger partial charge in [0.15, 0.2) is 0 Å². The van der Waals surface area contributed by atoms with Crippen molar-refractivity contribution in [3.8, 4) is 22.6 Å². The molecule has 0 N–H and O–H groups in total. The van der Waals surface area contributed by atoms with Gasteiger partial charge in [-0.1, -0.05) is 66.7 Å². The van der Waals surface area contributed by atoms with Crippen LogP contribution in [-0.2, 0) is 17.7 Å². The molecule has 1 aliphatic heterocycles. The van der Waals surface area contributed by atoms with Gasteiger partial charge >= 0.3 is 6.09 Å². The molecule has 5 heteroatoms. The molecule has 29 heavy (non-hydrogen) atoms. The average molecular weight is 389 g/mol. The molecule has 0 radical (unpaired) electrons. The van der Waals surface area contributed by atoms with E-state index in [0.717, 1.165) is 33.8 Å². The quantitative estimate of drug-likeness (QED) is 0.623. The fraction of sp³-hybridized carbons (Fsp3) is 0.208. The van der Waals surface area contributed by atoms with E-state index in [-0.39, 0.29) is 0 Å². The van der Waals surface area contributed by atoms with Crippen LogP contribution in [-0.4, -0.2) is 31.4 Å². The zero-order chi connectivity index (χ0) is 20.2. The van der Waals surface area contributed by atoms with Crippen LogP contribution in [0.3, 0.4) is 0 Å². The van der Waals surface area contributed by atoms with E-state index in [0.29, 0.717) is 13.0 Å². The first-order valence-corrected chi connectivity index (χ1v) is 9.53.